The molecule has 0 atom stereocenters. The molecule has 0 radical (unpaired) electrons. The highest BCUT2D eigenvalue weighted by Crippen LogP contribution is 2.25. The minimum Gasteiger partial charge on any atom is -0.399 e. The number of nitrogen functional groups attached to an aromatic ring is 1. The van der Waals surface area contributed by atoms with Crippen molar-refractivity contribution in [2.24, 2.45) is 5.73 Å². The molecule has 2 aromatic carbocycles. The Balaban J connectivity index is 2.56. The number of nitrogens with two attached hydrogens (primary N) is 2. The minimum absolute atomic E-state index is 0.211. The fourth-order valence-electron chi connectivity index (χ4n) is 1.68. The van der Waals surface area contributed by atoms with Gasteiger partial charge in [-0.15, -0.1) is 0 Å². The van der Waals surface area contributed by atoms with Gasteiger partial charge in [0.05, 0.1) is 9.79 Å². The summed E-state index contributed by atoms with van der Waals surface area (Å²) in [4.78, 5) is 0.426. The van der Waals surface area contributed by atoms with Gasteiger partial charge in [-0.25, -0.2) is 8.42 Å². The Morgan fingerprint density at radius 1 is 1.00 bits per heavy atom. The number of sulfone groups is 1. The summed E-state index contributed by atoms with van der Waals surface area (Å²) in [7, 11) is -3.55. The fraction of sp³-hybridized carbons (Fsp3) is 0.0769. The highest BCUT2D eigenvalue weighted by molar-refractivity contribution is 9.10. The number of hydrogen-bond donors (Lipinski definition) is 2. The number of rotatable bonds is 3. The van der Waals surface area contributed by atoms with Crippen LogP contribution < -0.4 is 11.5 Å². The van der Waals surface area contributed by atoms with Crippen LogP contribution in [0.1, 0.15) is 5.56 Å². The first-order valence-electron chi connectivity index (χ1n) is 5.53. The Bertz CT molecular complexity index is 697. The van der Waals surface area contributed by atoms with Gasteiger partial charge >= 0.3 is 0 Å². The predicted octanol–water partition coefficient (Wildman–Crippen LogP) is 2.32. The van der Waals surface area contributed by atoms with Crippen molar-refractivity contribution in [2.75, 3.05) is 5.73 Å². The molecule has 2 rings (SSSR count). The highest BCUT2D eigenvalue weighted by atomic mass is 79.9. The van der Waals surface area contributed by atoms with E-state index in [4.69, 9.17) is 11.5 Å². The van der Waals surface area contributed by atoms with Gasteiger partial charge in [0.2, 0.25) is 9.84 Å². The van der Waals surface area contributed by atoms with E-state index >= 15 is 0 Å². The lowest BCUT2D eigenvalue weighted by molar-refractivity contribution is 0.596. The molecule has 2 aromatic rings. The first kappa shape index (κ1) is 14.0. The number of anilines is 1. The van der Waals surface area contributed by atoms with Gasteiger partial charge in [-0.05, 0) is 48.0 Å². The van der Waals surface area contributed by atoms with Gasteiger partial charge < -0.3 is 11.5 Å². The molecule has 0 saturated carbocycles. The van der Waals surface area contributed by atoms with Crippen LogP contribution in [0.3, 0.4) is 0 Å². The summed E-state index contributed by atoms with van der Waals surface area (Å²) < 4.78 is 25.6. The van der Waals surface area contributed by atoms with Gasteiger partial charge in [0.1, 0.15) is 0 Å². The maximum absolute atomic E-state index is 12.5. The van der Waals surface area contributed by atoms with Crippen LogP contribution in [0.4, 0.5) is 5.69 Å². The van der Waals surface area contributed by atoms with Gasteiger partial charge in [-0.2, -0.15) is 0 Å². The summed E-state index contributed by atoms with van der Waals surface area (Å²) >= 11 is 3.29. The molecule has 0 aliphatic heterocycles. The molecule has 19 heavy (non-hydrogen) atoms. The topological polar surface area (TPSA) is 86.2 Å². The van der Waals surface area contributed by atoms with Crippen LogP contribution in [0.2, 0.25) is 0 Å². The van der Waals surface area contributed by atoms with Crippen molar-refractivity contribution in [3.05, 3.63) is 52.5 Å². The molecule has 0 amide bonds. The summed E-state index contributed by atoms with van der Waals surface area (Å²) in [5, 5.41) is 0. The Morgan fingerprint density at radius 2 is 1.63 bits per heavy atom. The number of halogens is 1. The number of hydrogen-bond acceptors (Lipinski definition) is 4. The van der Waals surface area contributed by atoms with Crippen molar-refractivity contribution < 1.29 is 8.42 Å². The highest BCUT2D eigenvalue weighted by Gasteiger charge is 2.18. The van der Waals surface area contributed by atoms with Crippen molar-refractivity contribution >= 4 is 31.5 Å². The van der Waals surface area contributed by atoms with E-state index in [9.17, 15) is 8.42 Å². The van der Waals surface area contributed by atoms with Crippen LogP contribution in [0.25, 0.3) is 0 Å². The maximum Gasteiger partial charge on any atom is 0.206 e. The van der Waals surface area contributed by atoms with Gasteiger partial charge in [-0.1, -0.05) is 15.9 Å². The van der Waals surface area contributed by atoms with E-state index in [1.807, 2.05) is 0 Å². The lowest BCUT2D eigenvalue weighted by Gasteiger charge is -2.07. The van der Waals surface area contributed by atoms with E-state index in [0.29, 0.717) is 10.2 Å². The van der Waals surface area contributed by atoms with Crippen LogP contribution in [0.15, 0.2) is 56.7 Å². The molecule has 0 aliphatic carbocycles. The van der Waals surface area contributed by atoms with Crippen LogP contribution in [0, 0.1) is 0 Å². The van der Waals surface area contributed by atoms with E-state index in [1.54, 1.807) is 30.3 Å². The second-order valence-corrected chi connectivity index (χ2v) is 6.94. The summed E-state index contributed by atoms with van der Waals surface area (Å²) in [6, 6.07) is 11.0. The van der Waals surface area contributed by atoms with E-state index in [1.165, 1.54) is 12.1 Å². The molecule has 6 heteroatoms. The van der Waals surface area contributed by atoms with Crippen molar-refractivity contribution in [3.63, 3.8) is 0 Å². The third-order valence-electron chi connectivity index (χ3n) is 2.67. The van der Waals surface area contributed by atoms with Gasteiger partial charge in [0, 0.05) is 16.7 Å². The molecule has 100 valence electrons. The summed E-state index contributed by atoms with van der Waals surface area (Å²) in [6.07, 6.45) is 0. The third kappa shape index (κ3) is 2.97. The van der Waals surface area contributed by atoms with Crippen molar-refractivity contribution in [3.8, 4) is 0 Å². The van der Waals surface area contributed by atoms with E-state index < -0.39 is 9.84 Å². The van der Waals surface area contributed by atoms with E-state index in [2.05, 4.69) is 15.9 Å². The quantitative estimate of drug-likeness (QED) is 0.839. The second kappa shape index (κ2) is 5.32. The fourth-order valence-corrected chi connectivity index (χ4v) is 3.72. The molecule has 0 aromatic heterocycles. The zero-order chi connectivity index (χ0) is 14.0. The molecule has 0 heterocycles. The molecule has 0 aliphatic rings. The largest absolute Gasteiger partial charge is 0.399 e. The van der Waals surface area contributed by atoms with E-state index in [0.717, 1.165) is 5.56 Å². The summed E-state index contributed by atoms with van der Waals surface area (Å²) in [5.74, 6) is 0. The average Bonchev–Trinajstić information content (AvgIpc) is 2.38. The van der Waals surface area contributed by atoms with Crippen LogP contribution in [-0.4, -0.2) is 8.42 Å². The standard InChI is InChI=1S/C13H13BrN2O2S/c14-10-5-9(8-15)6-13(7-10)19(17,18)12-3-1-11(16)2-4-12/h1-7H,8,15-16H2. The molecule has 4 N–H and O–H groups in total. The summed E-state index contributed by atoms with van der Waals surface area (Å²) in [6.45, 7) is 0.281. The monoisotopic (exact) mass is 340 g/mol. The zero-order valence-corrected chi connectivity index (χ0v) is 12.4. The lowest BCUT2D eigenvalue weighted by atomic mass is 10.2. The molecular weight excluding hydrogens is 328 g/mol. The normalized spacial score (nSPS) is 11.5. The molecule has 0 fully saturated rings. The molecular formula is C13H13BrN2O2S. The van der Waals surface area contributed by atoms with Gasteiger partial charge in [-0.3, -0.25) is 0 Å². The molecule has 0 spiro atoms. The SMILES string of the molecule is NCc1cc(Br)cc(S(=O)(=O)c2ccc(N)cc2)c1. The third-order valence-corrected chi connectivity index (χ3v) is 4.87. The molecule has 0 saturated heterocycles. The maximum atomic E-state index is 12.5. The van der Waals surface area contributed by atoms with Crippen LogP contribution >= 0.6 is 15.9 Å². The summed E-state index contributed by atoms with van der Waals surface area (Å²) in [5.41, 5.74) is 12.4. The van der Waals surface area contributed by atoms with Crippen LogP contribution in [-0.2, 0) is 16.4 Å². The minimum atomic E-state index is -3.55. The van der Waals surface area contributed by atoms with E-state index in [-0.39, 0.29) is 16.3 Å². The molecule has 0 bridgehead atoms. The second-order valence-electron chi connectivity index (χ2n) is 4.07. The molecule has 4 nitrogen and oxygen atoms in total. The Hall–Kier alpha value is -1.37. The lowest BCUT2D eigenvalue weighted by Crippen LogP contribution is -2.04. The smallest absolute Gasteiger partial charge is 0.206 e. The van der Waals surface area contributed by atoms with Crippen molar-refractivity contribution in [2.45, 2.75) is 16.3 Å². The van der Waals surface area contributed by atoms with Gasteiger partial charge in [0.15, 0.2) is 0 Å². The zero-order valence-electron chi connectivity index (χ0n) is 10.0. The first-order chi connectivity index (χ1) is 8.93. The first-order valence-corrected chi connectivity index (χ1v) is 7.81. The Kier molecular flexibility index (Phi) is 3.93. The van der Waals surface area contributed by atoms with Crippen LogP contribution in [0.5, 0.6) is 0 Å². The Morgan fingerprint density at radius 3 is 2.21 bits per heavy atom. The van der Waals surface area contributed by atoms with Crippen molar-refractivity contribution in [1.82, 2.24) is 0 Å². The predicted molar refractivity (Wildman–Crippen MR) is 78.3 cm³/mol. The Labute approximate surface area is 120 Å². The van der Waals surface area contributed by atoms with Gasteiger partial charge in [0.25, 0.3) is 0 Å². The average molecular weight is 341 g/mol. The molecule has 0 unspecified atom stereocenters. The number of benzene rings is 2. The van der Waals surface area contributed by atoms with Crippen molar-refractivity contribution in [1.29, 1.82) is 0 Å².